The number of hydrogen-bond donors (Lipinski definition) is 1. The first-order chi connectivity index (χ1) is 13.9. The summed E-state index contributed by atoms with van der Waals surface area (Å²) in [5.41, 5.74) is 1.09. The molecule has 0 unspecified atom stereocenters. The number of rotatable bonds is 6. The average Bonchev–Trinajstić information content (AvgIpc) is 3.17. The summed E-state index contributed by atoms with van der Waals surface area (Å²) >= 11 is 1.09. The zero-order valence-corrected chi connectivity index (χ0v) is 19.1. The van der Waals surface area contributed by atoms with E-state index in [0.717, 1.165) is 17.4 Å². The Balaban J connectivity index is 2.33. The number of piperidine rings is 1. The van der Waals surface area contributed by atoms with E-state index in [-0.39, 0.29) is 11.7 Å². The van der Waals surface area contributed by atoms with Crippen LogP contribution in [0.5, 0.6) is 0 Å². The third-order valence-electron chi connectivity index (χ3n) is 4.79. The second-order valence-corrected chi connectivity index (χ2v) is 10.1. The first-order valence-corrected chi connectivity index (χ1v) is 12.3. The number of hydrogen-bond acceptors (Lipinski definition) is 5. The molecule has 0 spiro atoms. The summed E-state index contributed by atoms with van der Waals surface area (Å²) in [5, 5.41) is 3.15. The van der Waals surface area contributed by atoms with E-state index in [1.165, 1.54) is 22.3 Å². The molecule has 0 atom stereocenters. The Labute approximate surface area is 179 Å². The molecule has 0 amide bonds. The molecular formula is C19H27F3N4O2S2. The normalized spacial score (nSPS) is 19.0. The van der Waals surface area contributed by atoms with Crippen LogP contribution in [0.15, 0.2) is 33.9 Å². The fourth-order valence-electron chi connectivity index (χ4n) is 3.04. The van der Waals surface area contributed by atoms with Gasteiger partial charge in [-0.15, -0.1) is 11.3 Å². The predicted octanol–water partition coefficient (Wildman–Crippen LogP) is 4.20. The highest BCUT2D eigenvalue weighted by Crippen LogP contribution is 2.36. The zero-order valence-electron chi connectivity index (χ0n) is 17.5. The SMILES string of the molecule is CC\C(C)=C/C(=C(\N=C(/C)NC1CCN(S(C)(=O)=O)CC1)c1cncs1)C(F)(F)F. The Hall–Kier alpha value is -1.72. The third-order valence-corrected chi connectivity index (χ3v) is 6.87. The van der Waals surface area contributed by atoms with Gasteiger partial charge in [0.25, 0.3) is 0 Å². The Morgan fingerprint density at radius 1 is 1.37 bits per heavy atom. The quantitative estimate of drug-likeness (QED) is 0.389. The van der Waals surface area contributed by atoms with Gasteiger partial charge in [0, 0.05) is 25.3 Å². The lowest BCUT2D eigenvalue weighted by Gasteiger charge is -2.31. The topological polar surface area (TPSA) is 74.7 Å². The Morgan fingerprint density at radius 2 is 2.00 bits per heavy atom. The summed E-state index contributed by atoms with van der Waals surface area (Å²) in [7, 11) is -3.24. The maximum atomic E-state index is 13.9. The minimum Gasteiger partial charge on any atom is -0.371 e. The minimum atomic E-state index is -4.57. The van der Waals surface area contributed by atoms with E-state index in [9.17, 15) is 21.6 Å². The van der Waals surface area contributed by atoms with E-state index in [1.54, 1.807) is 20.8 Å². The van der Waals surface area contributed by atoms with Gasteiger partial charge in [-0.1, -0.05) is 12.5 Å². The Morgan fingerprint density at radius 3 is 2.47 bits per heavy atom. The average molecular weight is 465 g/mol. The lowest BCUT2D eigenvalue weighted by Crippen LogP contribution is -2.45. The number of aromatic nitrogens is 1. The molecule has 1 N–H and O–H groups in total. The van der Waals surface area contributed by atoms with Crippen molar-refractivity contribution in [2.24, 2.45) is 4.99 Å². The number of halogens is 3. The van der Waals surface area contributed by atoms with Crippen LogP contribution in [0.2, 0.25) is 0 Å². The van der Waals surface area contributed by atoms with Gasteiger partial charge in [-0.25, -0.2) is 17.7 Å². The van der Waals surface area contributed by atoms with Crippen molar-refractivity contribution in [1.82, 2.24) is 14.6 Å². The van der Waals surface area contributed by atoms with E-state index in [0.29, 0.717) is 48.6 Å². The molecule has 168 valence electrons. The molecular weight excluding hydrogens is 437 g/mol. The predicted molar refractivity (Wildman–Crippen MR) is 115 cm³/mol. The van der Waals surface area contributed by atoms with Crippen molar-refractivity contribution >= 4 is 32.9 Å². The van der Waals surface area contributed by atoms with Gasteiger partial charge >= 0.3 is 6.18 Å². The molecule has 1 saturated heterocycles. The molecule has 1 aromatic heterocycles. The van der Waals surface area contributed by atoms with Crippen LogP contribution in [0.4, 0.5) is 13.2 Å². The maximum Gasteiger partial charge on any atom is 0.418 e. The zero-order chi connectivity index (χ0) is 22.5. The smallest absolute Gasteiger partial charge is 0.371 e. The van der Waals surface area contributed by atoms with E-state index < -0.39 is 21.8 Å². The van der Waals surface area contributed by atoms with Crippen molar-refractivity contribution in [3.63, 3.8) is 0 Å². The van der Waals surface area contributed by atoms with Crippen LogP contribution in [-0.2, 0) is 10.0 Å². The molecule has 1 aliphatic heterocycles. The number of alkyl halides is 3. The molecule has 2 heterocycles. The molecule has 0 aliphatic carbocycles. The first kappa shape index (κ1) is 24.5. The Bertz CT molecular complexity index is 912. The van der Waals surface area contributed by atoms with E-state index in [2.05, 4.69) is 15.3 Å². The van der Waals surface area contributed by atoms with E-state index in [1.807, 2.05) is 0 Å². The maximum absolute atomic E-state index is 13.9. The standard InChI is InChI=1S/C19H27F3N4O2S2/c1-5-13(2)10-16(19(20,21)22)18(17-11-23-12-29-17)25-14(3)24-15-6-8-26(9-7-15)30(4,27)28/h10-12,15H,5-9H2,1-4H3,(H,24,25)/b13-10-,18-16+. The van der Waals surface area contributed by atoms with Gasteiger partial charge in [-0.05, 0) is 39.2 Å². The largest absolute Gasteiger partial charge is 0.418 e. The number of sulfonamides is 1. The molecule has 30 heavy (non-hydrogen) atoms. The summed E-state index contributed by atoms with van der Waals surface area (Å²) in [5.74, 6) is 0.348. The van der Waals surface area contributed by atoms with Crippen LogP contribution in [0.25, 0.3) is 5.70 Å². The molecule has 1 aromatic rings. The van der Waals surface area contributed by atoms with Crippen molar-refractivity contribution in [2.45, 2.75) is 52.3 Å². The summed E-state index contributed by atoms with van der Waals surface area (Å²) in [4.78, 5) is 8.53. The highest BCUT2D eigenvalue weighted by atomic mass is 32.2. The van der Waals surface area contributed by atoms with Crippen molar-refractivity contribution in [3.05, 3.63) is 33.8 Å². The molecule has 0 saturated carbocycles. The molecule has 0 bridgehead atoms. The van der Waals surface area contributed by atoms with Gasteiger partial charge in [0.05, 0.1) is 33.7 Å². The molecule has 0 aromatic carbocycles. The molecule has 2 rings (SSSR count). The first-order valence-electron chi connectivity index (χ1n) is 9.56. The highest BCUT2D eigenvalue weighted by Gasteiger charge is 2.36. The van der Waals surface area contributed by atoms with E-state index in [4.69, 9.17) is 0 Å². The van der Waals surface area contributed by atoms with Gasteiger partial charge in [-0.2, -0.15) is 13.2 Å². The summed E-state index contributed by atoms with van der Waals surface area (Å²) < 4.78 is 66.2. The van der Waals surface area contributed by atoms with Gasteiger partial charge in [0.2, 0.25) is 10.0 Å². The summed E-state index contributed by atoms with van der Waals surface area (Å²) in [6, 6.07) is -0.0586. The van der Waals surface area contributed by atoms with Gasteiger partial charge in [0.15, 0.2) is 0 Å². The number of thiazole rings is 1. The van der Waals surface area contributed by atoms with E-state index >= 15 is 0 Å². The lowest BCUT2D eigenvalue weighted by molar-refractivity contribution is -0.0877. The van der Waals surface area contributed by atoms with Gasteiger partial charge < -0.3 is 5.32 Å². The van der Waals surface area contributed by atoms with Crippen molar-refractivity contribution in [3.8, 4) is 0 Å². The number of allylic oxidation sites excluding steroid dienone is 3. The van der Waals surface area contributed by atoms with Gasteiger partial charge in [-0.3, -0.25) is 4.98 Å². The molecule has 0 radical (unpaired) electrons. The summed E-state index contributed by atoms with van der Waals surface area (Å²) in [6.45, 7) is 5.81. The number of amidine groups is 1. The number of nitrogens with zero attached hydrogens (tertiary/aromatic N) is 3. The molecule has 6 nitrogen and oxygen atoms in total. The van der Waals surface area contributed by atoms with Crippen molar-refractivity contribution in [1.29, 1.82) is 0 Å². The summed E-state index contributed by atoms with van der Waals surface area (Å²) in [6.07, 6.45) is 0.722. The second kappa shape index (κ2) is 10.1. The fraction of sp³-hybridized carbons (Fsp3) is 0.579. The van der Waals surface area contributed by atoms with Crippen molar-refractivity contribution < 1.29 is 21.6 Å². The molecule has 1 fully saturated rings. The molecule has 11 heteroatoms. The van der Waals surface area contributed by atoms with Crippen LogP contribution >= 0.6 is 11.3 Å². The van der Waals surface area contributed by atoms with Crippen LogP contribution < -0.4 is 5.32 Å². The number of nitrogens with one attached hydrogen (secondary N) is 1. The Kier molecular flexibility index (Phi) is 8.23. The van der Waals surface area contributed by atoms with Crippen LogP contribution in [-0.4, -0.2) is 55.1 Å². The van der Waals surface area contributed by atoms with Gasteiger partial charge in [0.1, 0.15) is 0 Å². The molecule has 1 aliphatic rings. The monoisotopic (exact) mass is 464 g/mol. The highest BCUT2D eigenvalue weighted by molar-refractivity contribution is 7.88. The van der Waals surface area contributed by atoms with Crippen LogP contribution in [0.1, 0.15) is 44.9 Å². The fourth-order valence-corrected chi connectivity index (χ4v) is 4.54. The van der Waals surface area contributed by atoms with Crippen molar-refractivity contribution in [2.75, 3.05) is 19.3 Å². The third kappa shape index (κ3) is 6.92. The second-order valence-electron chi connectivity index (χ2n) is 7.25. The van der Waals surface area contributed by atoms with Crippen LogP contribution in [0.3, 0.4) is 0 Å². The van der Waals surface area contributed by atoms with Crippen LogP contribution in [0, 0.1) is 0 Å². The lowest BCUT2D eigenvalue weighted by atomic mass is 10.1. The number of aliphatic imine (C=N–C) groups is 1. The minimum absolute atomic E-state index is 0.0586.